The molecular weight excluding hydrogens is 360 g/mol. The van der Waals surface area contributed by atoms with Crippen molar-refractivity contribution >= 4 is 40.1 Å². The molecule has 0 aliphatic rings. The summed E-state index contributed by atoms with van der Waals surface area (Å²) in [5.74, 6) is -1.34. The lowest BCUT2D eigenvalue weighted by Crippen LogP contribution is -2.22. The summed E-state index contributed by atoms with van der Waals surface area (Å²) in [6.07, 6.45) is 0. The van der Waals surface area contributed by atoms with Crippen molar-refractivity contribution in [2.45, 2.75) is 6.92 Å². The van der Waals surface area contributed by atoms with Crippen LogP contribution in [0.5, 0.6) is 0 Å². The molecule has 3 aromatic rings. The topological polar surface area (TPSA) is 93.6 Å². The zero-order valence-corrected chi connectivity index (χ0v) is 14.7. The molecular formula is C17H13N2O4S2-. The highest BCUT2D eigenvalue weighted by molar-refractivity contribution is 7.81. The molecule has 0 saturated heterocycles. The SMILES string of the molecule is Cc1ccccc1N(c1nc(-c2ccccc2)sc1C(=O)O)S(=O)[O-]. The molecule has 1 unspecified atom stereocenters. The first-order valence-electron chi connectivity index (χ1n) is 7.23. The number of para-hydroxylation sites is 1. The number of rotatable bonds is 5. The van der Waals surface area contributed by atoms with Crippen LogP contribution in [0.4, 0.5) is 11.5 Å². The Bertz CT molecular complexity index is 941. The highest BCUT2D eigenvalue weighted by atomic mass is 32.2. The largest absolute Gasteiger partial charge is 0.755 e. The predicted octanol–water partition coefficient (Wildman–Crippen LogP) is 3.75. The van der Waals surface area contributed by atoms with Crippen molar-refractivity contribution < 1.29 is 18.7 Å². The molecule has 25 heavy (non-hydrogen) atoms. The number of aromatic carboxylic acids is 1. The number of anilines is 2. The third-order valence-electron chi connectivity index (χ3n) is 3.50. The molecule has 128 valence electrons. The molecule has 2 aromatic carbocycles. The summed E-state index contributed by atoms with van der Waals surface area (Å²) in [5, 5.41) is 9.96. The monoisotopic (exact) mass is 373 g/mol. The predicted molar refractivity (Wildman–Crippen MR) is 96.7 cm³/mol. The zero-order chi connectivity index (χ0) is 18.0. The highest BCUT2D eigenvalue weighted by Crippen LogP contribution is 2.37. The Morgan fingerprint density at radius 3 is 2.40 bits per heavy atom. The van der Waals surface area contributed by atoms with E-state index in [0.717, 1.165) is 21.2 Å². The Labute approximate surface area is 150 Å². The van der Waals surface area contributed by atoms with Crippen LogP contribution in [0.1, 0.15) is 15.2 Å². The maximum Gasteiger partial charge on any atom is 0.349 e. The van der Waals surface area contributed by atoms with Crippen LogP contribution in [0.15, 0.2) is 54.6 Å². The Balaban J connectivity index is 2.20. The average molecular weight is 373 g/mol. The van der Waals surface area contributed by atoms with Crippen molar-refractivity contribution in [3.63, 3.8) is 0 Å². The van der Waals surface area contributed by atoms with Gasteiger partial charge < -0.3 is 9.66 Å². The van der Waals surface area contributed by atoms with Gasteiger partial charge in [-0.1, -0.05) is 48.5 Å². The summed E-state index contributed by atoms with van der Waals surface area (Å²) < 4.78 is 24.7. The quantitative estimate of drug-likeness (QED) is 0.688. The van der Waals surface area contributed by atoms with Crippen LogP contribution in [-0.2, 0) is 11.3 Å². The van der Waals surface area contributed by atoms with E-state index in [-0.39, 0.29) is 10.7 Å². The molecule has 0 bridgehead atoms. The fourth-order valence-corrected chi connectivity index (χ4v) is 3.94. The number of carboxylic acid groups (broad SMARTS) is 1. The fourth-order valence-electron chi connectivity index (χ4n) is 2.35. The Morgan fingerprint density at radius 1 is 1.16 bits per heavy atom. The lowest BCUT2D eigenvalue weighted by molar-refractivity contribution is 0.0703. The smallest absolute Gasteiger partial charge is 0.349 e. The van der Waals surface area contributed by atoms with Crippen molar-refractivity contribution in [3.8, 4) is 10.6 Å². The number of aromatic nitrogens is 1. The van der Waals surface area contributed by atoms with Gasteiger partial charge in [0.05, 0.1) is 17.0 Å². The van der Waals surface area contributed by atoms with Gasteiger partial charge in [0.25, 0.3) is 0 Å². The number of hydrogen-bond donors (Lipinski definition) is 1. The highest BCUT2D eigenvalue weighted by Gasteiger charge is 2.25. The molecule has 0 saturated carbocycles. The van der Waals surface area contributed by atoms with Gasteiger partial charge >= 0.3 is 5.97 Å². The molecule has 3 rings (SSSR count). The van der Waals surface area contributed by atoms with Crippen LogP contribution in [0.2, 0.25) is 0 Å². The van der Waals surface area contributed by atoms with Crippen LogP contribution >= 0.6 is 11.3 Å². The van der Waals surface area contributed by atoms with Gasteiger partial charge in [-0.3, -0.25) is 8.51 Å². The van der Waals surface area contributed by atoms with Gasteiger partial charge in [0.1, 0.15) is 5.01 Å². The summed E-state index contributed by atoms with van der Waals surface area (Å²) in [4.78, 5) is 15.8. The lowest BCUT2D eigenvalue weighted by atomic mass is 10.2. The average Bonchev–Trinajstić information content (AvgIpc) is 3.02. The number of carboxylic acids is 1. The van der Waals surface area contributed by atoms with Crippen LogP contribution in [-0.4, -0.2) is 24.8 Å². The van der Waals surface area contributed by atoms with E-state index in [1.807, 2.05) is 18.2 Å². The van der Waals surface area contributed by atoms with Gasteiger partial charge in [0.15, 0.2) is 10.7 Å². The van der Waals surface area contributed by atoms with Crippen molar-refractivity contribution in [1.29, 1.82) is 0 Å². The number of nitrogens with zero attached hydrogens (tertiary/aromatic N) is 2. The molecule has 1 atom stereocenters. The van der Waals surface area contributed by atoms with Gasteiger partial charge in [-0.25, -0.2) is 9.78 Å². The second-order valence-corrected chi connectivity index (χ2v) is 6.94. The van der Waals surface area contributed by atoms with Crippen LogP contribution in [0.25, 0.3) is 10.6 Å². The molecule has 8 heteroatoms. The van der Waals surface area contributed by atoms with E-state index in [2.05, 4.69) is 4.98 Å². The van der Waals surface area contributed by atoms with Crippen molar-refractivity contribution in [2.24, 2.45) is 0 Å². The van der Waals surface area contributed by atoms with Gasteiger partial charge in [0, 0.05) is 5.56 Å². The second-order valence-electron chi connectivity index (χ2n) is 5.14. The number of benzene rings is 2. The number of thiazole rings is 1. The molecule has 0 aliphatic carbocycles. The van der Waals surface area contributed by atoms with E-state index < -0.39 is 17.2 Å². The molecule has 0 aliphatic heterocycles. The van der Waals surface area contributed by atoms with Crippen LogP contribution in [0, 0.1) is 6.92 Å². The molecule has 1 aromatic heterocycles. The summed E-state index contributed by atoms with van der Waals surface area (Å²) in [7, 11) is 0. The summed E-state index contributed by atoms with van der Waals surface area (Å²) in [5.41, 5.74) is 1.78. The molecule has 1 N–H and O–H groups in total. The molecule has 6 nitrogen and oxygen atoms in total. The second kappa shape index (κ2) is 7.14. The standard InChI is InChI=1S/C17H14N2O4S2/c1-11-7-5-6-10-13(11)19(25(22)23)15-14(17(20)21)24-16(18-15)12-8-3-2-4-9-12/h2-10H,1H3,(H,20,21)(H,22,23)/p-1. The third kappa shape index (κ3) is 3.46. The maximum atomic E-state index is 11.9. The fraction of sp³-hybridized carbons (Fsp3) is 0.0588. The number of hydrogen-bond acceptors (Lipinski definition) is 5. The van der Waals surface area contributed by atoms with Crippen molar-refractivity contribution in [2.75, 3.05) is 4.31 Å². The van der Waals surface area contributed by atoms with Gasteiger partial charge in [0.2, 0.25) is 0 Å². The molecule has 0 radical (unpaired) electrons. The van der Waals surface area contributed by atoms with E-state index >= 15 is 0 Å². The molecule has 0 fully saturated rings. The third-order valence-corrected chi connectivity index (χ3v) is 5.25. The van der Waals surface area contributed by atoms with Crippen molar-refractivity contribution in [3.05, 3.63) is 65.0 Å². The van der Waals surface area contributed by atoms with Gasteiger partial charge in [-0.05, 0) is 18.6 Å². The summed E-state index contributed by atoms with van der Waals surface area (Å²) in [6.45, 7) is 1.75. The minimum absolute atomic E-state index is 0.112. The minimum atomic E-state index is -2.72. The van der Waals surface area contributed by atoms with E-state index in [1.54, 1.807) is 43.3 Å². The summed E-state index contributed by atoms with van der Waals surface area (Å²) >= 11 is -1.78. The molecule has 0 amide bonds. The Hall–Kier alpha value is -2.55. The van der Waals surface area contributed by atoms with Gasteiger partial charge in [-0.2, -0.15) is 0 Å². The van der Waals surface area contributed by atoms with Gasteiger partial charge in [-0.15, -0.1) is 11.3 Å². The van der Waals surface area contributed by atoms with Crippen molar-refractivity contribution in [1.82, 2.24) is 4.98 Å². The molecule has 0 spiro atoms. The van der Waals surface area contributed by atoms with E-state index in [0.29, 0.717) is 16.3 Å². The van der Waals surface area contributed by atoms with E-state index in [9.17, 15) is 18.7 Å². The summed E-state index contributed by atoms with van der Waals surface area (Å²) in [6, 6.07) is 15.9. The number of carbonyl (C=O) groups is 1. The minimum Gasteiger partial charge on any atom is -0.755 e. The van der Waals surface area contributed by atoms with E-state index in [1.165, 1.54) is 0 Å². The maximum absolute atomic E-state index is 11.9. The Kier molecular flexibility index (Phi) is 4.93. The molecule has 1 heterocycles. The zero-order valence-electron chi connectivity index (χ0n) is 13.1. The Morgan fingerprint density at radius 2 is 1.80 bits per heavy atom. The van der Waals surface area contributed by atoms with Crippen LogP contribution in [0.3, 0.4) is 0 Å². The normalized spacial score (nSPS) is 11.9. The lowest BCUT2D eigenvalue weighted by Gasteiger charge is -2.26. The first-order valence-corrected chi connectivity index (χ1v) is 9.08. The first-order chi connectivity index (χ1) is 12.0. The number of aryl methyl sites for hydroxylation is 1. The van der Waals surface area contributed by atoms with E-state index in [4.69, 9.17) is 0 Å². The first kappa shape index (κ1) is 17.3. The van der Waals surface area contributed by atoms with Crippen LogP contribution < -0.4 is 4.31 Å².